The van der Waals surface area contributed by atoms with Crippen LogP contribution < -0.4 is 18.9 Å². The topological polar surface area (TPSA) is 0 Å². The van der Waals surface area contributed by atoms with Crippen molar-refractivity contribution in [3.63, 3.8) is 0 Å². The summed E-state index contributed by atoms with van der Waals surface area (Å²) in [6.45, 7) is 16.2. The van der Waals surface area contributed by atoms with Crippen LogP contribution in [-0.2, 0) is 25.7 Å². The summed E-state index contributed by atoms with van der Waals surface area (Å²) in [6.07, 6.45) is 24.9. The normalized spacial score (nSPS) is 10.9. The first-order valence-corrected chi connectivity index (χ1v) is 22.1. The van der Waals surface area contributed by atoms with Gasteiger partial charge in [0.1, 0.15) is 8.07 Å². The number of hydrogen-bond acceptors (Lipinski definition) is 0. The second-order valence-electron chi connectivity index (χ2n) is 14.1. The van der Waals surface area contributed by atoms with E-state index in [0.717, 1.165) is 25.7 Å². The van der Waals surface area contributed by atoms with Crippen molar-refractivity contribution in [2.75, 3.05) is 0 Å². The fourth-order valence-corrected chi connectivity index (χ4v) is 6.24. The monoisotopic (exact) mass is 617 g/mol. The van der Waals surface area contributed by atoms with Gasteiger partial charge in [0.2, 0.25) is 0 Å². The molecule has 0 amide bonds. The van der Waals surface area contributed by atoms with Gasteiger partial charge in [-0.15, -0.1) is 11.1 Å². The predicted molar refractivity (Wildman–Crippen MR) is 199 cm³/mol. The van der Waals surface area contributed by atoms with Crippen LogP contribution in [0.25, 0.3) is 0 Å². The molecule has 2 aromatic rings. The van der Waals surface area contributed by atoms with Gasteiger partial charge < -0.3 is 0 Å². The Labute approximate surface area is 293 Å². The summed E-state index contributed by atoms with van der Waals surface area (Å²) in [7, 11) is -1.47. The molecule has 2 aromatic carbocycles. The minimum absolute atomic E-state index is 0. The summed E-state index contributed by atoms with van der Waals surface area (Å²) in [4.78, 5) is 0. The van der Waals surface area contributed by atoms with Crippen LogP contribution in [0.3, 0.4) is 0 Å². The molecule has 0 aliphatic heterocycles. The molecule has 45 heavy (non-hydrogen) atoms. The van der Waals surface area contributed by atoms with E-state index in [-0.39, 0.29) is 18.9 Å². The van der Waals surface area contributed by atoms with Gasteiger partial charge in [0.15, 0.2) is 0 Å². The number of rotatable bonds is 20. The van der Waals surface area contributed by atoms with Crippen molar-refractivity contribution in [2.45, 2.75) is 176 Å². The van der Waals surface area contributed by atoms with Crippen LogP contribution in [0, 0.1) is 29.4 Å². The molecule has 0 bridgehead atoms. The Hall–Kier alpha value is -1.63. The molecule has 2 rings (SSSR count). The Morgan fingerprint density at radius 2 is 0.889 bits per heavy atom. The van der Waals surface area contributed by atoms with Crippen molar-refractivity contribution in [2.24, 2.45) is 0 Å². The minimum Gasteiger partial charge on any atom is -0.180 e. The van der Waals surface area contributed by atoms with Crippen LogP contribution in [0.5, 0.6) is 0 Å². The van der Waals surface area contributed by atoms with Gasteiger partial charge in [-0.2, -0.15) is 23.8 Å². The van der Waals surface area contributed by atoms with Crippen molar-refractivity contribution in [3.05, 3.63) is 69.3 Å². The van der Waals surface area contributed by atoms with Crippen molar-refractivity contribution < 1.29 is 18.9 Å². The third kappa shape index (κ3) is 17.8. The molecule has 0 N–H and O–H groups in total. The number of aryl methyl sites for hydroxylation is 4. The maximum absolute atomic E-state index is 3.75. The molecule has 242 valence electrons. The fraction of sp³-hybridized carbons (Fsp3) is 0.628. The van der Waals surface area contributed by atoms with Gasteiger partial charge in [-0.3, -0.25) is 0 Å². The molecular weight excluding hydrogens is 552 g/mol. The first-order chi connectivity index (χ1) is 21.3. The Bertz CT molecular complexity index is 1210. The predicted octanol–water partition coefficient (Wildman–Crippen LogP) is 9.61. The smallest absolute Gasteiger partial charge is 0.180 e. The Balaban J connectivity index is 0.0000101. The van der Waals surface area contributed by atoms with E-state index in [1.54, 1.807) is 0 Å². The number of hydrogen-bond donors (Lipinski definition) is 0. The third-order valence-electron chi connectivity index (χ3n) is 8.53. The Morgan fingerprint density at radius 1 is 0.489 bits per heavy atom. The van der Waals surface area contributed by atoms with Crippen LogP contribution >= 0.6 is 0 Å². The Morgan fingerprint density at radius 3 is 1.33 bits per heavy atom. The van der Waals surface area contributed by atoms with Crippen LogP contribution in [0.2, 0.25) is 19.6 Å². The summed E-state index contributed by atoms with van der Waals surface area (Å²) >= 11 is 0. The van der Waals surface area contributed by atoms with Gasteiger partial charge >= 0.3 is 18.9 Å². The van der Waals surface area contributed by atoms with Crippen LogP contribution in [0.4, 0.5) is 0 Å². The van der Waals surface area contributed by atoms with Gasteiger partial charge in [-0.1, -0.05) is 173 Å². The van der Waals surface area contributed by atoms with Gasteiger partial charge in [0.25, 0.3) is 0 Å². The molecule has 0 atom stereocenters. The van der Waals surface area contributed by atoms with Crippen molar-refractivity contribution >= 4 is 8.07 Å². The van der Waals surface area contributed by atoms with E-state index >= 15 is 0 Å². The molecule has 0 radical (unpaired) electrons. The Kier molecular flexibility index (Phi) is 22.6. The zero-order valence-electron chi connectivity index (χ0n) is 31.0. The van der Waals surface area contributed by atoms with Crippen molar-refractivity contribution in [1.29, 1.82) is 0 Å². The van der Waals surface area contributed by atoms with Gasteiger partial charge in [-0.05, 0) is 48.9 Å². The molecule has 0 saturated heterocycles. The first kappa shape index (κ1) is 41.4. The average molecular weight is 617 g/mol. The summed E-state index contributed by atoms with van der Waals surface area (Å²) in [5.74, 6) is 11.2. The number of unbranched alkanes of at least 4 members (excludes halogenated alkanes) is 12. The van der Waals surface area contributed by atoms with E-state index < -0.39 is 8.07 Å². The SMILES string of the molecule is CCCCCCc1[c-]cc(CCCCCC)c(C#Cc2cc(CCCCCC)c(C#C[Si](C)(C)C)cc2CCCCCC)c1.[Li+]. The van der Waals surface area contributed by atoms with Gasteiger partial charge in [-0.25, -0.2) is 0 Å². The van der Waals surface area contributed by atoms with E-state index in [1.165, 1.54) is 142 Å². The fourth-order valence-electron chi connectivity index (χ4n) is 5.73. The standard InChI is InChI=1S/C43H65Si.Li/c1-8-12-16-20-24-37-28-29-38(25-21-17-13-9-2)41(34-37)30-31-42-35-40(27-23-19-15-11-4)43(32-33-44(5,6)7)36-39(42)26-22-18-14-10-3;/h29,34-36H,8-27H2,1-7H3;/q-1;+1. The molecule has 0 aromatic heterocycles. The molecule has 0 spiro atoms. The minimum atomic E-state index is -1.47. The van der Waals surface area contributed by atoms with Gasteiger partial charge in [0, 0.05) is 11.1 Å². The molecule has 0 aliphatic carbocycles. The second kappa shape index (κ2) is 24.5. The molecule has 0 heterocycles. The summed E-state index contributed by atoms with van der Waals surface area (Å²) in [5.41, 5.74) is 12.9. The van der Waals surface area contributed by atoms with E-state index in [9.17, 15) is 0 Å². The van der Waals surface area contributed by atoms with Gasteiger partial charge in [0.05, 0.1) is 0 Å². The third-order valence-corrected chi connectivity index (χ3v) is 9.40. The van der Waals surface area contributed by atoms with Crippen molar-refractivity contribution in [1.82, 2.24) is 0 Å². The number of benzene rings is 2. The van der Waals surface area contributed by atoms with E-state index in [1.807, 2.05) is 0 Å². The quantitative estimate of drug-likeness (QED) is 0.0601. The summed E-state index contributed by atoms with van der Waals surface area (Å²) in [6, 6.07) is 13.1. The van der Waals surface area contributed by atoms with Crippen LogP contribution in [0.1, 0.15) is 169 Å². The first-order valence-electron chi connectivity index (χ1n) is 18.6. The largest absolute Gasteiger partial charge is 1.00 e. The van der Waals surface area contributed by atoms with E-state index in [4.69, 9.17) is 0 Å². The molecular formula is C43H65LiSi. The van der Waals surface area contributed by atoms with E-state index in [2.05, 4.69) is 101 Å². The molecule has 0 aliphatic rings. The zero-order valence-corrected chi connectivity index (χ0v) is 32.0. The maximum atomic E-state index is 3.75. The molecule has 0 unspecified atom stereocenters. The molecule has 0 saturated carbocycles. The summed E-state index contributed by atoms with van der Waals surface area (Å²) < 4.78 is 0. The second-order valence-corrected chi connectivity index (χ2v) is 18.8. The van der Waals surface area contributed by atoms with Crippen LogP contribution in [0.15, 0.2) is 24.3 Å². The molecule has 2 heteroatoms. The zero-order chi connectivity index (χ0) is 32.0. The summed E-state index contributed by atoms with van der Waals surface area (Å²) in [5, 5.41) is 0. The van der Waals surface area contributed by atoms with Crippen molar-refractivity contribution in [3.8, 4) is 23.3 Å². The van der Waals surface area contributed by atoms with Crippen LogP contribution in [-0.4, -0.2) is 8.07 Å². The van der Waals surface area contributed by atoms with E-state index in [0.29, 0.717) is 0 Å². The molecule has 0 fully saturated rings. The average Bonchev–Trinajstić information content (AvgIpc) is 3.00. The maximum Gasteiger partial charge on any atom is 1.00 e. The molecule has 0 nitrogen and oxygen atoms in total.